The van der Waals surface area contributed by atoms with Gasteiger partial charge in [0.1, 0.15) is 0 Å². The van der Waals surface area contributed by atoms with Gasteiger partial charge in [0.15, 0.2) is 10.9 Å². The molecule has 2 aromatic heterocycles. The molecule has 290 valence electrons. The third-order valence-corrected chi connectivity index (χ3v) is 12.0. The fraction of sp³-hybridized carbons (Fsp3) is 0.385. The van der Waals surface area contributed by atoms with Gasteiger partial charge in [-0.05, 0) is 130 Å². The van der Waals surface area contributed by atoms with E-state index in [-0.39, 0.29) is 34.5 Å². The largest absolute Gasteiger partial charge is 0.308 e. The van der Waals surface area contributed by atoms with Gasteiger partial charge in [-0.2, -0.15) is 0 Å². The van der Waals surface area contributed by atoms with Gasteiger partial charge in [-0.25, -0.2) is 0 Å². The van der Waals surface area contributed by atoms with Crippen molar-refractivity contribution in [2.75, 3.05) is 0 Å². The Hall–Kier alpha value is -4.96. The first-order valence-electron chi connectivity index (χ1n) is 20.9. The van der Waals surface area contributed by atoms with Crippen molar-refractivity contribution >= 4 is 43.6 Å². The zero-order valence-electron chi connectivity index (χ0n) is 36.1. The van der Waals surface area contributed by atoms with Crippen LogP contribution in [0.1, 0.15) is 163 Å². The topological polar surface area (TPSA) is 44.0 Å². The lowest BCUT2D eigenvalue weighted by molar-refractivity contribution is 0.789. The quantitative estimate of drug-likeness (QED) is 0.145. The lowest BCUT2D eigenvalue weighted by Crippen LogP contribution is -2.18. The van der Waals surface area contributed by atoms with E-state index in [9.17, 15) is 0 Å². The first-order chi connectivity index (χ1) is 26.4. The molecule has 0 unspecified atom stereocenters. The molecule has 0 saturated heterocycles. The Kier molecular flexibility index (Phi) is 10.2. The molecule has 56 heavy (non-hydrogen) atoms. The maximum Gasteiger partial charge on any atom is 0.197 e. The molecule has 0 aliphatic rings. The third kappa shape index (κ3) is 6.39. The van der Waals surface area contributed by atoms with Crippen LogP contribution in [0.25, 0.3) is 55.0 Å². The lowest BCUT2D eigenvalue weighted by Gasteiger charge is -2.28. The minimum atomic E-state index is -0.0178. The minimum Gasteiger partial charge on any atom is -0.308 e. The molecule has 0 fully saturated rings. The normalized spacial score (nSPS) is 12.5. The molecule has 0 saturated carbocycles. The summed E-state index contributed by atoms with van der Waals surface area (Å²) in [5, 5.41) is 2.58. The Morgan fingerprint density at radius 1 is 0.357 bits per heavy atom. The first kappa shape index (κ1) is 39.3. The van der Waals surface area contributed by atoms with Crippen molar-refractivity contribution in [3.8, 4) is 11.4 Å². The highest BCUT2D eigenvalue weighted by atomic mass is 16.1. The number of benzene rings is 5. The van der Waals surface area contributed by atoms with E-state index < -0.39 is 0 Å². The van der Waals surface area contributed by atoms with Gasteiger partial charge in [0, 0.05) is 21.5 Å². The predicted octanol–water partition coefficient (Wildman–Crippen LogP) is 14.0. The molecule has 2 heterocycles. The lowest BCUT2D eigenvalue weighted by atomic mass is 9.86. The second kappa shape index (κ2) is 14.5. The SMILES string of the molecule is Cc1ccc2c(=O)c3cc4c(cc3n(-c3c(C(C)C)cc(C(C)C)cc3C(C)C)c2c1)c(=O)c1ccc(C)cc1n4-c1c(C(C)C)cc(C(C)C)cc1C(C)C. The number of hydrogen-bond donors (Lipinski definition) is 0. The predicted molar refractivity (Wildman–Crippen MR) is 242 cm³/mol. The molecular formula is C52H60N2O2. The minimum absolute atomic E-state index is 0.0178. The van der Waals surface area contributed by atoms with Gasteiger partial charge in [0.25, 0.3) is 0 Å². The van der Waals surface area contributed by atoms with E-state index in [0.717, 1.165) is 44.6 Å². The molecule has 0 N–H and O–H groups in total. The Labute approximate surface area is 333 Å². The van der Waals surface area contributed by atoms with Crippen molar-refractivity contribution in [1.82, 2.24) is 9.13 Å². The van der Waals surface area contributed by atoms with Crippen LogP contribution in [0.4, 0.5) is 0 Å². The van der Waals surface area contributed by atoms with Crippen LogP contribution in [0.2, 0.25) is 0 Å². The molecule has 0 aliphatic heterocycles. The van der Waals surface area contributed by atoms with E-state index in [1.165, 1.54) is 33.4 Å². The van der Waals surface area contributed by atoms with E-state index in [2.05, 4.69) is 142 Å². The number of aromatic nitrogens is 2. The van der Waals surface area contributed by atoms with E-state index in [1.807, 2.05) is 36.4 Å². The van der Waals surface area contributed by atoms with Crippen molar-refractivity contribution in [3.05, 3.63) is 138 Å². The highest BCUT2D eigenvalue weighted by Gasteiger charge is 2.26. The highest BCUT2D eigenvalue weighted by Crippen LogP contribution is 2.41. The van der Waals surface area contributed by atoms with Crippen molar-refractivity contribution in [1.29, 1.82) is 0 Å². The summed E-state index contributed by atoms with van der Waals surface area (Å²) < 4.78 is 4.65. The Balaban J connectivity index is 1.79. The van der Waals surface area contributed by atoms with Gasteiger partial charge in [-0.3, -0.25) is 9.59 Å². The smallest absolute Gasteiger partial charge is 0.197 e. The van der Waals surface area contributed by atoms with Crippen LogP contribution in [-0.2, 0) is 0 Å². The van der Waals surface area contributed by atoms with E-state index in [0.29, 0.717) is 33.4 Å². The number of rotatable bonds is 8. The van der Waals surface area contributed by atoms with Crippen LogP contribution in [-0.4, -0.2) is 9.13 Å². The average Bonchev–Trinajstić information content (AvgIpc) is 3.13. The Morgan fingerprint density at radius 2 is 0.643 bits per heavy atom. The highest BCUT2D eigenvalue weighted by molar-refractivity contribution is 6.06. The molecule has 4 nitrogen and oxygen atoms in total. The van der Waals surface area contributed by atoms with Gasteiger partial charge in [-0.1, -0.05) is 119 Å². The van der Waals surface area contributed by atoms with Crippen LogP contribution < -0.4 is 10.9 Å². The molecule has 0 bridgehead atoms. The van der Waals surface area contributed by atoms with E-state index in [1.54, 1.807) is 0 Å². The van der Waals surface area contributed by atoms with Crippen LogP contribution >= 0.6 is 0 Å². The third-order valence-electron chi connectivity index (χ3n) is 12.0. The van der Waals surface area contributed by atoms with Crippen molar-refractivity contribution in [2.45, 2.75) is 132 Å². The summed E-state index contributed by atoms with van der Waals surface area (Å²) in [7, 11) is 0. The maximum atomic E-state index is 15.0. The molecule has 0 atom stereocenters. The van der Waals surface area contributed by atoms with Crippen LogP contribution in [0.5, 0.6) is 0 Å². The van der Waals surface area contributed by atoms with Gasteiger partial charge in [0.05, 0.1) is 33.4 Å². The molecule has 0 amide bonds. The fourth-order valence-corrected chi connectivity index (χ4v) is 8.73. The molecule has 0 spiro atoms. The van der Waals surface area contributed by atoms with Crippen LogP contribution in [0.15, 0.2) is 82.4 Å². The van der Waals surface area contributed by atoms with Gasteiger partial charge in [-0.15, -0.1) is 0 Å². The molecule has 0 aliphatic carbocycles. The summed E-state index contributed by atoms with van der Waals surface area (Å²) in [5.41, 5.74) is 15.2. The fourth-order valence-electron chi connectivity index (χ4n) is 8.73. The number of fused-ring (bicyclic) bond motifs is 4. The first-order valence-corrected chi connectivity index (χ1v) is 20.9. The second-order valence-corrected chi connectivity index (χ2v) is 18.3. The molecule has 5 aromatic carbocycles. The zero-order chi connectivity index (χ0) is 40.7. The number of hydrogen-bond acceptors (Lipinski definition) is 2. The maximum absolute atomic E-state index is 15.0. The van der Waals surface area contributed by atoms with Crippen molar-refractivity contribution in [2.24, 2.45) is 0 Å². The zero-order valence-corrected chi connectivity index (χ0v) is 36.1. The Morgan fingerprint density at radius 3 is 0.911 bits per heavy atom. The van der Waals surface area contributed by atoms with Crippen molar-refractivity contribution < 1.29 is 0 Å². The molecule has 7 rings (SSSR count). The molecular weight excluding hydrogens is 685 g/mol. The standard InChI is InChI=1S/C52H60N2O2/c1-27(2)35-21-39(29(5)6)49(40(22-35)30(7)8)53-45-19-33(13)15-17-37(45)51(55)43-26-48-44(25-47(43)53)52(56)38-18-16-34(14)20-46(38)54(48)50-41(31(9)10)23-36(28(3)4)24-42(50)32(11)12/h15-32H,1-14H3. The second-order valence-electron chi connectivity index (χ2n) is 18.3. The van der Waals surface area contributed by atoms with Crippen LogP contribution in [0, 0.1) is 13.8 Å². The summed E-state index contributed by atoms with van der Waals surface area (Å²) in [5.74, 6) is 1.61. The summed E-state index contributed by atoms with van der Waals surface area (Å²) in [4.78, 5) is 30.1. The molecule has 4 heteroatoms. The molecule has 7 aromatic rings. The number of aryl methyl sites for hydroxylation is 2. The summed E-state index contributed by atoms with van der Waals surface area (Å²) >= 11 is 0. The van der Waals surface area contributed by atoms with E-state index in [4.69, 9.17) is 0 Å². The van der Waals surface area contributed by atoms with Gasteiger partial charge >= 0.3 is 0 Å². The monoisotopic (exact) mass is 744 g/mol. The van der Waals surface area contributed by atoms with E-state index >= 15 is 9.59 Å². The summed E-state index contributed by atoms with van der Waals surface area (Å²) in [6.07, 6.45) is 0. The van der Waals surface area contributed by atoms with Crippen molar-refractivity contribution in [3.63, 3.8) is 0 Å². The summed E-state index contributed by atoms with van der Waals surface area (Å²) in [6, 6.07) is 25.9. The molecule has 0 radical (unpaired) electrons. The number of pyridine rings is 2. The Bertz CT molecular complexity index is 2570. The number of nitrogens with zero attached hydrogens (tertiary/aromatic N) is 2. The van der Waals surface area contributed by atoms with Gasteiger partial charge in [0.2, 0.25) is 0 Å². The average molecular weight is 745 g/mol. The van der Waals surface area contributed by atoms with Gasteiger partial charge < -0.3 is 9.13 Å². The summed E-state index contributed by atoms with van der Waals surface area (Å²) in [6.45, 7) is 31.3. The van der Waals surface area contributed by atoms with Crippen LogP contribution in [0.3, 0.4) is 0 Å².